The van der Waals surface area contributed by atoms with Gasteiger partial charge in [0.25, 0.3) is 5.56 Å². The van der Waals surface area contributed by atoms with E-state index >= 15 is 4.39 Å². The zero-order valence-electron chi connectivity index (χ0n) is 33.0. The first-order chi connectivity index (χ1) is 29.4. The summed E-state index contributed by atoms with van der Waals surface area (Å²) in [6.07, 6.45) is 1.05. The Hall–Kier alpha value is -6.97. The van der Waals surface area contributed by atoms with Gasteiger partial charge in [-0.25, -0.2) is 19.2 Å². The summed E-state index contributed by atoms with van der Waals surface area (Å²) in [7, 11) is 1.53. The number of rotatable bonds is 10. The van der Waals surface area contributed by atoms with E-state index in [1.807, 2.05) is 51.9 Å². The van der Waals surface area contributed by atoms with E-state index in [1.165, 1.54) is 25.3 Å². The maximum atomic E-state index is 16.0. The number of hydrogen-bond acceptors (Lipinski definition) is 9. The van der Waals surface area contributed by atoms with Gasteiger partial charge >= 0.3 is 12.3 Å². The Morgan fingerprint density at radius 1 is 0.984 bits per heavy atom. The average molecular weight is 834 g/mol. The summed E-state index contributed by atoms with van der Waals surface area (Å²) in [6, 6.07) is 22.0. The molecule has 0 bridgehead atoms. The van der Waals surface area contributed by atoms with Crippen molar-refractivity contribution in [3.63, 3.8) is 0 Å². The van der Waals surface area contributed by atoms with E-state index in [2.05, 4.69) is 15.0 Å². The molecule has 1 saturated heterocycles. The molecule has 2 aliphatic carbocycles. The quantitative estimate of drug-likeness (QED) is 0.103. The summed E-state index contributed by atoms with van der Waals surface area (Å²) in [5, 5.41) is 13.7. The number of anilines is 3. The van der Waals surface area contributed by atoms with E-state index in [4.69, 9.17) is 14.7 Å². The van der Waals surface area contributed by atoms with Crippen LogP contribution in [0.3, 0.4) is 0 Å². The van der Waals surface area contributed by atoms with E-state index in [0.29, 0.717) is 94.4 Å². The van der Waals surface area contributed by atoms with Crippen LogP contribution in [-0.2, 0) is 0 Å². The lowest BCUT2D eigenvalue weighted by atomic mass is 9.95. The number of carbonyl (C=O) groups is 1. The van der Waals surface area contributed by atoms with Crippen molar-refractivity contribution in [3.8, 4) is 28.7 Å². The molecule has 2 aliphatic heterocycles. The fourth-order valence-electron chi connectivity index (χ4n) is 8.40. The number of hydrogen-bond donors (Lipinski definition) is 2. The summed E-state index contributed by atoms with van der Waals surface area (Å²) >= 11 is 0. The van der Waals surface area contributed by atoms with Crippen molar-refractivity contribution in [3.05, 3.63) is 129 Å². The monoisotopic (exact) mass is 833 g/mol. The highest BCUT2D eigenvalue weighted by molar-refractivity contribution is 5.89. The summed E-state index contributed by atoms with van der Waals surface area (Å²) in [6.45, 7) is 3.29. The van der Waals surface area contributed by atoms with Crippen LogP contribution in [0.2, 0.25) is 0 Å². The van der Waals surface area contributed by atoms with E-state index in [1.54, 1.807) is 31.3 Å². The van der Waals surface area contributed by atoms with Crippen LogP contribution < -0.4 is 30.6 Å². The van der Waals surface area contributed by atoms with Crippen molar-refractivity contribution in [2.24, 2.45) is 10.9 Å². The highest BCUT2D eigenvalue weighted by Gasteiger charge is 2.33. The van der Waals surface area contributed by atoms with Crippen molar-refractivity contribution >= 4 is 39.6 Å². The van der Waals surface area contributed by atoms with Gasteiger partial charge in [-0.15, -0.1) is 13.2 Å². The smallest absolute Gasteiger partial charge is 0.480 e. The summed E-state index contributed by atoms with van der Waals surface area (Å²) in [5.74, 6) is -1.65. The number of piperidine rings is 1. The third kappa shape index (κ3) is 7.69. The molecular formula is C45H39F4N7O5. The number of fused-ring (bicyclic) bond motifs is 3. The second-order valence-electron chi connectivity index (χ2n) is 15.4. The molecule has 5 aromatic rings. The lowest BCUT2D eigenvalue weighted by Crippen LogP contribution is -2.36. The normalized spacial score (nSPS) is 15.2. The largest absolute Gasteiger partial charge is 0.573 e. The minimum Gasteiger partial charge on any atom is -0.480 e. The SMILES string of the molecule is COc1ncccc1Nc1cc2nc3ccccc3n(-c3ccc(OC(F)(F)F)cc3)c-2cc1=NCC1CCN(c2c(F)cn3c(=O)c(C(=O)O)cc(C4CC4)c3c2C)CC1. The van der Waals surface area contributed by atoms with Crippen LogP contribution in [-0.4, -0.2) is 63.1 Å². The summed E-state index contributed by atoms with van der Waals surface area (Å²) in [4.78, 5) is 41.5. The predicted octanol–water partition coefficient (Wildman–Crippen LogP) is 8.63. The van der Waals surface area contributed by atoms with Gasteiger partial charge in [-0.05, 0) is 122 Å². The minimum absolute atomic E-state index is 0.120. The lowest BCUT2D eigenvalue weighted by Gasteiger charge is -2.34. The number of aromatic nitrogens is 4. The minimum atomic E-state index is -4.83. The second-order valence-corrected chi connectivity index (χ2v) is 15.4. The highest BCUT2D eigenvalue weighted by Crippen LogP contribution is 2.44. The third-order valence-electron chi connectivity index (χ3n) is 11.4. The van der Waals surface area contributed by atoms with Gasteiger partial charge in [0.1, 0.15) is 17.0 Å². The van der Waals surface area contributed by atoms with Crippen LogP contribution in [0.4, 0.5) is 34.6 Å². The molecule has 0 amide bonds. The first-order valence-electron chi connectivity index (χ1n) is 19.8. The number of methoxy groups -OCH3 is 1. The molecule has 2 fully saturated rings. The van der Waals surface area contributed by atoms with Gasteiger partial charge in [0, 0.05) is 31.5 Å². The van der Waals surface area contributed by atoms with Crippen molar-refractivity contribution in [2.45, 2.75) is 44.9 Å². The Labute approximate surface area is 345 Å². The molecule has 4 aliphatic rings. The molecule has 0 atom stereocenters. The number of halogens is 4. The number of alkyl halides is 3. The average Bonchev–Trinajstić information content (AvgIpc) is 4.09. The van der Waals surface area contributed by atoms with Crippen molar-refractivity contribution in [1.29, 1.82) is 0 Å². The van der Waals surface area contributed by atoms with Crippen LogP contribution in [0.25, 0.3) is 33.6 Å². The Kier molecular flexibility index (Phi) is 10.1. The Morgan fingerprint density at radius 2 is 1.74 bits per heavy atom. The number of ether oxygens (including phenoxy) is 2. The predicted molar refractivity (Wildman–Crippen MR) is 221 cm³/mol. The van der Waals surface area contributed by atoms with Crippen LogP contribution in [0.15, 0.2) is 101 Å². The summed E-state index contributed by atoms with van der Waals surface area (Å²) < 4.78 is 67.8. The Morgan fingerprint density at radius 3 is 2.44 bits per heavy atom. The fourth-order valence-corrected chi connectivity index (χ4v) is 8.40. The van der Waals surface area contributed by atoms with Gasteiger partial charge in [0.2, 0.25) is 5.88 Å². The molecule has 0 spiro atoms. The molecule has 9 rings (SSSR count). The fraction of sp³-hybridized carbons (Fsp3) is 0.267. The second kappa shape index (κ2) is 15.6. The zero-order valence-corrected chi connectivity index (χ0v) is 33.0. The van der Waals surface area contributed by atoms with Crippen LogP contribution in [0, 0.1) is 18.7 Å². The van der Waals surface area contributed by atoms with Gasteiger partial charge < -0.3 is 29.4 Å². The number of benzene rings is 3. The van der Waals surface area contributed by atoms with Gasteiger partial charge in [0.15, 0.2) is 5.82 Å². The van der Waals surface area contributed by atoms with Crippen molar-refractivity contribution in [1.82, 2.24) is 18.9 Å². The summed E-state index contributed by atoms with van der Waals surface area (Å²) in [5.41, 5.74) is 5.65. The molecule has 61 heavy (non-hydrogen) atoms. The first-order valence-corrected chi connectivity index (χ1v) is 19.8. The third-order valence-corrected chi connectivity index (χ3v) is 11.4. The van der Waals surface area contributed by atoms with E-state index in [-0.39, 0.29) is 23.1 Å². The number of pyridine rings is 3. The van der Waals surface area contributed by atoms with Crippen LogP contribution in [0.1, 0.15) is 53.1 Å². The Bertz CT molecular complexity index is 2940. The number of carboxylic acid groups (broad SMARTS) is 1. The van der Waals surface area contributed by atoms with E-state index in [9.17, 15) is 27.9 Å². The molecule has 12 nitrogen and oxygen atoms in total. The first kappa shape index (κ1) is 39.5. The topological polar surface area (TPSA) is 136 Å². The highest BCUT2D eigenvalue weighted by atomic mass is 19.4. The maximum absolute atomic E-state index is 16.0. The number of nitrogens with one attached hydrogen (secondary N) is 1. The number of para-hydroxylation sites is 2. The number of nitrogens with zero attached hydrogens (tertiary/aromatic N) is 6. The standard InChI is InChI=1S/C45H39F4N7O5/c1-25-40-30(27-9-10-27)20-31(44(58)59)43(57)55(40)24-32(46)41(25)54-18-15-26(16-19-54)23-51-35-22-39-37(21-36(35)53-34-7-5-17-50-42(34)60-2)52-33-6-3-4-8-38(33)56(39)28-11-13-29(14-12-28)61-45(47,48)49/h3-8,11-14,17,20-22,24,26-27,53H,9-10,15-16,18-19,23H2,1-2H3,(H,58,59). The lowest BCUT2D eigenvalue weighted by molar-refractivity contribution is -0.274. The van der Waals surface area contributed by atoms with Gasteiger partial charge in [-0.3, -0.25) is 14.2 Å². The van der Waals surface area contributed by atoms with Crippen LogP contribution in [0.5, 0.6) is 11.6 Å². The molecular weight excluding hydrogens is 795 g/mol. The van der Waals surface area contributed by atoms with E-state index < -0.39 is 23.7 Å². The molecule has 5 heterocycles. The number of carboxylic acids is 1. The van der Waals surface area contributed by atoms with Gasteiger partial charge in [-0.1, -0.05) is 12.1 Å². The molecule has 2 N–H and O–H groups in total. The zero-order chi connectivity index (χ0) is 42.6. The molecule has 3 aromatic heterocycles. The molecule has 312 valence electrons. The number of aromatic carboxylic acids is 1. The van der Waals surface area contributed by atoms with Crippen LogP contribution >= 0.6 is 0 Å². The van der Waals surface area contributed by atoms with E-state index in [0.717, 1.165) is 34.5 Å². The van der Waals surface area contributed by atoms with Gasteiger partial charge in [0.05, 0.1) is 58.0 Å². The van der Waals surface area contributed by atoms with Crippen molar-refractivity contribution in [2.75, 3.05) is 37.0 Å². The molecule has 16 heteroatoms. The molecule has 0 unspecified atom stereocenters. The maximum Gasteiger partial charge on any atom is 0.573 e. The molecule has 1 saturated carbocycles. The molecule has 2 aromatic carbocycles. The molecule has 0 radical (unpaired) electrons. The Balaban J connectivity index is 1.07. The number of aryl methyl sites for hydroxylation is 1. The van der Waals surface area contributed by atoms with Crippen molar-refractivity contribution < 1.29 is 36.9 Å². The van der Waals surface area contributed by atoms with Gasteiger partial charge in [-0.2, -0.15) is 0 Å².